The minimum atomic E-state index is -1.06. The van der Waals surface area contributed by atoms with Gasteiger partial charge in [-0.1, -0.05) is 11.8 Å². The van der Waals surface area contributed by atoms with Gasteiger partial charge in [-0.3, -0.25) is 4.79 Å². The summed E-state index contributed by atoms with van der Waals surface area (Å²) in [5, 5.41) is 20.1. The first-order valence-electron chi connectivity index (χ1n) is 6.09. The normalized spacial score (nSPS) is 14.2. The van der Waals surface area contributed by atoms with Crippen molar-refractivity contribution in [2.24, 2.45) is 0 Å². The van der Waals surface area contributed by atoms with E-state index in [9.17, 15) is 19.4 Å². The Balaban J connectivity index is 2.76. The molecule has 5 heteroatoms. The summed E-state index contributed by atoms with van der Waals surface area (Å²) < 4.78 is 13.2. The fourth-order valence-corrected chi connectivity index (χ4v) is 2.71. The Morgan fingerprint density at radius 3 is 2.32 bits per heavy atom. The van der Waals surface area contributed by atoms with E-state index in [4.69, 9.17) is 0 Å². The number of aryl methyl sites for hydroxylation is 2. The third kappa shape index (κ3) is 4.60. The number of aliphatic hydroxyl groups excluding tert-OH is 2. The molecule has 0 aromatic heterocycles. The van der Waals surface area contributed by atoms with Gasteiger partial charge in [0.25, 0.3) is 0 Å². The second kappa shape index (κ2) is 7.03. The van der Waals surface area contributed by atoms with E-state index in [2.05, 4.69) is 0 Å². The fourth-order valence-electron chi connectivity index (χ4n) is 2.06. The molecule has 2 atom stereocenters. The van der Waals surface area contributed by atoms with E-state index in [1.807, 2.05) is 0 Å². The van der Waals surface area contributed by atoms with Gasteiger partial charge in [-0.15, -0.1) is 0 Å². The summed E-state index contributed by atoms with van der Waals surface area (Å²) in [5.74, 6) is 0.0971. The number of carbonyl (C=O) groups is 1. The van der Waals surface area contributed by atoms with Crippen molar-refractivity contribution in [2.45, 2.75) is 39.4 Å². The molecular weight excluding hydrogens is 267 g/mol. The molecule has 0 amide bonds. The molecule has 2 unspecified atom stereocenters. The van der Waals surface area contributed by atoms with Crippen LogP contribution in [0, 0.1) is 19.7 Å². The summed E-state index contributed by atoms with van der Waals surface area (Å²) in [4.78, 5) is 10.8. The summed E-state index contributed by atoms with van der Waals surface area (Å²) in [6.07, 6.45) is -1.72. The number of hydrogen-bond acceptors (Lipinski definition) is 4. The van der Waals surface area contributed by atoms with Crippen molar-refractivity contribution < 1.29 is 19.4 Å². The topological polar surface area (TPSA) is 57.5 Å². The highest BCUT2D eigenvalue weighted by molar-refractivity contribution is 8.13. The maximum absolute atomic E-state index is 13.2. The van der Waals surface area contributed by atoms with E-state index < -0.39 is 12.2 Å². The Hall–Kier alpha value is -0.910. The number of hydrogen-bond donors (Lipinski definition) is 2. The molecule has 0 saturated carbocycles. The van der Waals surface area contributed by atoms with E-state index in [0.717, 1.165) is 11.8 Å². The lowest BCUT2D eigenvalue weighted by molar-refractivity contribution is -0.109. The summed E-state index contributed by atoms with van der Waals surface area (Å²) in [7, 11) is 0. The monoisotopic (exact) mass is 286 g/mol. The lowest BCUT2D eigenvalue weighted by Gasteiger charge is -2.21. The van der Waals surface area contributed by atoms with Crippen molar-refractivity contribution in [2.75, 3.05) is 5.75 Å². The third-order valence-corrected chi connectivity index (χ3v) is 3.78. The number of benzene rings is 1. The minimum Gasteiger partial charge on any atom is -0.390 e. The molecule has 0 aliphatic heterocycles. The van der Waals surface area contributed by atoms with Crippen LogP contribution in [0.3, 0.4) is 0 Å². The smallest absolute Gasteiger partial charge is 0.185 e. The Bertz CT molecular complexity index is 439. The van der Waals surface area contributed by atoms with Crippen molar-refractivity contribution in [3.05, 3.63) is 34.6 Å². The maximum atomic E-state index is 13.2. The molecule has 0 saturated heterocycles. The molecule has 3 nitrogen and oxygen atoms in total. The van der Waals surface area contributed by atoms with E-state index in [0.29, 0.717) is 28.9 Å². The molecule has 0 bridgehead atoms. The zero-order valence-corrected chi connectivity index (χ0v) is 12.1. The molecule has 1 aromatic carbocycles. The first-order chi connectivity index (χ1) is 8.82. The molecule has 0 aliphatic carbocycles. The van der Waals surface area contributed by atoms with Gasteiger partial charge in [0.2, 0.25) is 0 Å². The Labute approximate surface area is 116 Å². The summed E-state index contributed by atoms with van der Waals surface area (Å²) in [5.41, 5.74) is 1.79. The van der Waals surface area contributed by atoms with Gasteiger partial charge < -0.3 is 10.2 Å². The Kier molecular flexibility index (Phi) is 5.97. The van der Waals surface area contributed by atoms with Crippen molar-refractivity contribution in [1.29, 1.82) is 0 Å². The van der Waals surface area contributed by atoms with Gasteiger partial charge in [-0.25, -0.2) is 4.39 Å². The highest BCUT2D eigenvalue weighted by Crippen LogP contribution is 2.27. The van der Waals surface area contributed by atoms with E-state index in [-0.39, 0.29) is 10.9 Å². The lowest BCUT2D eigenvalue weighted by Crippen LogP contribution is -2.21. The second-order valence-electron chi connectivity index (χ2n) is 4.59. The SMILES string of the molecule is CC(=O)SCCC(O)C(O)c1c(C)cc(F)cc1C. The van der Waals surface area contributed by atoms with Crippen LogP contribution in [0.4, 0.5) is 4.39 Å². The molecule has 106 valence electrons. The first kappa shape index (κ1) is 16.1. The van der Waals surface area contributed by atoms with Crippen LogP contribution in [0.5, 0.6) is 0 Å². The van der Waals surface area contributed by atoms with Crippen LogP contribution in [0.15, 0.2) is 12.1 Å². The van der Waals surface area contributed by atoms with Crippen LogP contribution in [-0.2, 0) is 4.79 Å². The summed E-state index contributed by atoms with van der Waals surface area (Å²) >= 11 is 1.11. The predicted molar refractivity (Wildman–Crippen MR) is 74.6 cm³/mol. The maximum Gasteiger partial charge on any atom is 0.185 e. The highest BCUT2D eigenvalue weighted by atomic mass is 32.2. The van der Waals surface area contributed by atoms with E-state index in [1.165, 1.54) is 19.1 Å². The van der Waals surface area contributed by atoms with Crippen LogP contribution >= 0.6 is 11.8 Å². The molecule has 0 fully saturated rings. The zero-order chi connectivity index (χ0) is 14.6. The molecule has 0 heterocycles. The van der Waals surface area contributed by atoms with Crippen molar-refractivity contribution >= 4 is 16.9 Å². The predicted octanol–water partition coefficient (Wildman–Crippen LogP) is 2.51. The largest absolute Gasteiger partial charge is 0.390 e. The minimum absolute atomic E-state index is 0.0177. The number of thioether (sulfide) groups is 1. The zero-order valence-electron chi connectivity index (χ0n) is 11.3. The van der Waals surface area contributed by atoms with Gasteiger partial charge in [0.1, 0.15) is 11.9 Å². The standard InChI is InChI=1S/C14H19FO3S/c1-8-6-11(15)7-9(2)13(8)14(18)12(17)4-5-19-10(3)16/h6-7,12,14,17-18H,4-5H2,1-3H3. The van der Waals surface area contributed by atoms with Crippen molar-refractivity contribution in [1.82, 2.24) is 0 Å². The molecule has 0 radical (unpaired) electrons. The van der Waals surface area contributed by atoms with Gasteiger partial charge in [-0.2, -0.15) is 0 Å². The fraction of sp³-hybridized carbons (Fsp3) is 0.500. The molecule has 19 heavy (non-hydrogen) atoms. The Morgan fingerprint density at radius 2 is 1.84 bits per heavy atom. The van der Waals surface area contributed by atoms with Crippen LogP contribution in [0.25, 0.3) is 0 Å². The average Bonchev–Trinajstić information content (AvgIpc) is 2.26. The number of halogens is 1. The molecular formula is C14H19FO3S. The highest BCUT2D eigenvalue weighted by Gasteiger charge is 2.22. The van der Waals surface area contributed by atoms with Gasteiger partial charge in [0.05, 0.1) is 6.10 Å². The van der Waals surface area contributed by atoms with Gasteiger partial charge in [0, 0.05) is 12.7 Å². The van der Waals surface area contributed by atoms with Gasteiger partial charge >= 0.3 is 0 Å². The van der Waals surface area contributed by atoms with E-state index >= 15 is 0 Å². The number of aliphatic hydroxyl groups is 2. The van der Waals surface area contributed by atoms with E-state index in [1.54, 1.807) is 13.8 Å². The molecule has 1 aromatic rings. The van der Waals surface area contributed by atoms with Crippen LogP contribution < -0.4 is 0 Å². The summed E-state index contributed by atoms with van der Waals surface area (Å²) in [6.45, 7) is 4.86. The quantitative estimate of drug-likeness (QED) is 0.873. The second-order valence-corrected chi connectivity index (χ2v) is 5.87. The summed E-state index contributed by atoms with van der Waals surface area (Å²) in [6, 6.07) is 2.67. The van der Waals surface area contributed by atoms with Crippen LogP contribution in [-0.4, -0.2) is 27.2 Å². The molecule has 1 rings (SSSR count). The van der Waals surface area contributed by atoms with Gasteiger partial charge in [-0.05, 0) is 49.1 Å². The number of carbonyl (C=O) groups excluding carboxylic acids is 1. The van der Waals surface area contributed by atoms with Crippen LogP contribution in [0.1, 0.15) is 36.1 Å². The molecule has 0 spiro atoms. The Morgan fingerprint density at radius 1 is 1.32 bits per heavy atom. The average molecular weight is 286 g/mol. The van der Waals surface area contributed by atoms with Crippen LogP contribution in [0.2, 0.25) is 0 Å². The lowest BCUT2D eigenvalue weighted by atomic mass is 9.94. The van der Waals surface area contributed by atoms with Crippen molar-refractivity contribution in [3.8, 4) is 0 Å². The third-order valence-electron chi connectivity index (χ3n) is 2.94. The van der Waals surface area contributed by atoms with Crippen molar-refractivity contribution in [3.63, 3.8) is 0 Å². The molecule has 2 N–H and O–H groups in total. The first-order valence-corrected chi connectivity index (χ1v) is 7.07. The number of rotatable bonds is 5. The molecule has 0 aliphatic rings. The van der Waals surface area contributed by atoms with Gasteiger partial charge in [0.15, 0.2) is 5.12 Å².